The van der Waals surface area contributed by atoms with Crippen molar-refractivity contribution in [3.8, 4) is 0 Å². The minimum absolute atomic E-state index is 0.0247. The topological polar surface area (TPSA) is 49.9 Å². The third-order valence-electron chi connectivity index (χ3n) is 4.80. The molecule has 0 N–H and O–H groups in total. The number of rotatable bonds is 3. The fourth-order valence-electron chi connectivity index (χ4n) is 3.57. The van der Waals surface area contributed by atoms with E-state index < -0.39 is 0 Å². The van der Waals surface area contributed by atoms with Crippen LogP contribution >= 0.6 is 0 Å². The van der Waals surface area contributed by atoms with Crippen molar-refractivity contribution >= 4 is 11.8 Å². The zero-order valence-electron chi connectivity index (χ0n) is 11.5. The molecule has 0 bridgehead atoms. The van der Waals surface area contributed by atoms with E-state index in [0.29, 0.717) is 32.1 Å². The molecule has 0 aromatic carbocycles. The molecule has 1 heterocycles. The fraction of sp³-hybridized carbons (Fsp3) is 0.857. The molecule has 5 nitrogen and oxygen atoms in total. The Morgan fingerprint density at radius 2 is 1.58 bits per heavy atom. The number of carbonyl (C=O) groups excluding carboxylic acids is 2. The van der Waals surface area contributed by atoms with Crippen molar-refractivity contribution < 1.29 is 14.3 Å². The van der Waals surface area contributed by atoms with Crippen LogP contribution < -0.4 is 0 Å². The van der Waals surface area contributed by atoms with Gasteiger partial charge in [0.05, 0.1) is 0 Å². The highest BCUT2D eigenvalue weighted by Crippen LogP contribution is 2.54. The maximum atomic E-state index is 12.4. The van der Waals surface area contributed by atoms with Gasteiger partial charge < -0.3 is 14.5 Å². The van der Waals surface area contributed by atoms with E-state index in [2.05, 4.69) is 0 Å². The van der Waals surface area contributed by atoms with Gasteiger partial charge in [-0.3, -0.25) is 9.59 Å². The van der Waals surface area contributed by atoms with Gasteiger partial charge in [0.1, 0.15) is 6.61 Å². The summed E-state index contributed by atoms with van der Waals surface area (Å²) < 4.78 is 4.86. The molecule has 2 unspecified atom stereocenters. The van der Waals surface area contributed by atoms with E-state index in [-0.39, 0.29) is 18.4 Å². The second-order valence-electron chi connectivity index (χ2n) is 6.06. The van der Waals surface area contributed by atoms with Gasteiger partial charge in [-0.1, -0.05) is 0 Å². The summed E-state index contributed by atoms with van der Waals surface area (Å²) in [6.45, 7) is 2.79. The summed E-state index contributed by atoms with van der Waals surface area (Å²) in [5, 5.41) is 0. The number of carbonyl (C=O) groups is 2. The van der Waals surface area contributed by atoms with Crippen molar-refractivity contribution in [1.29, 1.82) is 0 Å². The lowest BCUT2D eigenvalue weighted by molar-refractivity contribution is -0.143. The monoisotopic (exact) mass is 266 g/mol. The van der Waals surface area contributed by atoms with Gasteiger partial charge in [0.25, 0.3) is 0 Å². The first-order chi connectivity index (χ1) is 9.19. The van der Waals surface area contributed by atoms with E-state index in [1.807, 2.05) is 4.90 Å². The van der Waals surface area contributed by atoms with E-state index in [1.54, 1.807) is 4.90 Å². The molecule has 1 aliphatic heterocycles. The lowest BCUT2D eigenvalue weighted by atomic mass is 10.0. The largest absolute Gasteiger partial charge is 0.375 e. The van der Waals surface area contributed by atoms with Crippen LogP contribution in [0.4, 0.5) is 0 Å². The van der Waals surface area contributed by atoms with Crippen LogP contribution in [0.15, 0.2) is 0 Å². The van der Waals surface area contributed by atoms with Gasteiger partial charge in [-0.2, -0.15) is 0 Å². The smallest absolute Gasteiger partial charge is 0.248 e. The van der Waals surface area contributed by atoms with Crippen LogP contribution in [0.3, 0.4) is 0 Å². The van der Waals surface area contributed by atoms with Crippen LogP contribution in [-0.4, -0.2) is 61.5 Å². The molecule has 2 atom stereocenters. The number of methoxy groups -OCH3 is 1. The minimum Gasteiger partial charge on any atom is -0.375 e. The Kier molecular flexibility index (Phi) is 3.48. The second-order valence-corrected chi connectivity index (χ2v) is 6.06. The lowest BCUT2D eigenvalue weighted by Gasteiger charge is -2.36. The van der Waals surface area contributed by atoms with Crippen molar-refractivity contribution in [2.45, 2.75) is 19.3 Å². The zero-order valence-corrected chi connectivity index (χ0v) is 11.5. The normalized spacial score (nSPS) is 33.2. The SMILES string of the molecule is COCC(=O)N1CCN(C(=O)C2CC3CC3C2)CC1. The Labute approximate surface area is 113 Å². The standard InChI is InChI=1S/C14H22N2O3/c1-19-9-13(17)15-2-4-16(5-3-15)14(18)12-7-10-6-11(10)8-12/h10-12H,2-9H2,1H3. The van der Waals surface area contributed by atoms with Gasteiger partial charge in [0.2, 0.25) is 11.8 Å². The average molecular weight is 266 g/mol. The van der Waals surface area contributed by atoms with Crippen LogP contribution in [0.1, 0.15) is 19.3 Å². The van der Waals surface area contributed by atoms with E-state index >= 15 is 0 Å². The van der Waals surface area contributed by atoms with Gasteiger partial charge >= 0.3 is 0 Å². The Morgan fingerprint density at radius 3 is 2.16 bits per heavy atom. The molecule has 106 valence electrons. The van der Waals surface area contributed by atoms with Gasteiger partial charge in [-0.15, -0.1) is 0 Å². The van der Waals surface area contributed by atoms with Crippen molar-refractivity contribution in [2.75, 3.05) is 39.9 Å². The van der Waals surface area contributed by atoms with Crippen LogP contribution in [0.2, 0.25) is 0 Å². The molecule has 5 heteroatoms. The summed E-state index contributed by atoms with van der Waals surface area (Å²) in [6, 6.07) is 0. The molecule has 3 aliphatic rings. The summed E-state index contributed by atoms with van der Waals surface area (Å²) in [4.78, 5) is 27.8. The maximum absolute atomic E-state index is 12.4. The highest BCUT2D eigenvalue weighted by Gasteiger charge is 2.48. The molecule has 2 saturated carbocycles. The highest BCUT2D eigenvalue weighted by atomic mass is 16.5. The number of hydrogen-bond acceptors (Lipinski definition) is 3. The van der Waals surface area contributed by atoms with Gasteiger partial charge in [0.15, 0.2) is 0 Å². The molecular formula is C14H22N2O3. The third-order valence-corrected chi connectivity index (χ3v) is 4.80. The number of nitrogens with zero attached hydrogens (tertiary/aromatic N) is 2. The predicted octanol–water partition coefficient (Wildman–Crippen LogP) is 0.350. The number of fused-ring (bicyclic) bond motifs is 1. The lowest BCUT2D eigenvalue weighted by Crippen LogP contribution is -2.52. The first-order valence-electron chi connectivity index (χ1n) is 7.24. The third kappa shape index (κ3) is 2.61. The maximum Gasteiger partial charge on any atom is 0.248 e. The average Bonchev–Trinajstić information content (AvgIpc) is 3.05. The van der Waals surface area contributed by atoms with Crippen molar-refractivity contribution in [3.63, 3.8) is 0 Å². The zero-order chi connectivity index (χ0) is 13.4. The highest BCUT2D eigenvalue weighted by molar-refractivity contribution is 5.81. The van der Waals surface area contributed by atoms with E-state index in [1.165, 1.54) is 13.5 Å². The van der Waals surface area contributed by atoms with E-state index in [4.69, 9.17) is 4.74 Å². The molecule has 3 rings (SSSR count). The van der Waals surface area contributed by atoms with Crippen LogP contribution in [0.5, 0.6) is 0 Å². The van der Waals surface area contributed by atoms with Gasteiger partial charge in [-0.05, 0) is 31.1 Å². The number of piperazine rings is 1. The Morgan fingerprint density at radius 1 is 1.00 bits per heavy atom. The van der Waals surface area contributed by atoms with E-state index in [0.717, 1.165) is 24.7 Å². The summed E-state index contributed by atoms with van der Waals surface area (Å²) in [6.07, 6.45) is 3.56. The quantitative estimate of drug-likeness (QED) is 0.740. The Hall–Kier alpha value is -1.10. The molecule has 1 saturated heterocycles. The number of hydrogen-bond donors (Lipinski definition) is 0. The Balaban J connectivity index is 1.47. The van der Waals surface area contributed by atoms with Crippen LogP contribution in [0, 0.1) is 17.8 Å². The molecule has 0 spiro atoms. The summed E-state index contributed by atoms with van der Waals surface area (Å²) in [5.74, 6) is 2.31. The van der Waals surface area contributed by atoms with Crippen LogP contribution in [-0.2, 0) is 14.3 Å². The second kappa shape index (κ2) is 5.12. The van der Waals surface area contributed by atoms with E-state index in [9.17, 15) is 9.59 Å². The molecule has 3 fully saturated rings. The molecule has 0 radical (unpaired) electrons. The van der Waals surface area contributed by atoms with Crippen LogP contribution in [0.25, 0.3) is 0 Å². The molecule has 0 aromatic rings. The Bertz CT molecular complexity index is 367. The molecule has 2 amide bonds. The number of amides is 2. The van der Waals surface area contributed by atoms with Crippen molar-refractivity contribution in [3.05, 3.63) is 0 Å². The van der Waals surface area contributed by atoms with Crippen molar-refractivity contribution in [1.82, 2.24) is 9.80 Å². The molecule has 19 heavy (non-hydrogen) atoms. The molecule has 2 aliphatic carbocycles. The molecular weight excluding hydrogens is 244 g/mol. The predicted molar refractivity (Wildman–Crippen MR) is 69.4 cm³/mol. The summed E-state index contributed by atoms with van der Waals surface area (Å²) >= 11 is 0. The fourth-order valence-corrected chi connectivity index (χ4v) is 3.57. The van der Waals surface area contributed by atoms with Gasteiger partial charge in [-0.25, -0.2) is 0 Å². The summed E-state index contributed by atoms with van der Waals surface area (Å²) in [5.41, 5.74) is 0. The first kappa shape index (κ1) is 12.9. The molecule has 0 aromatic heterocycles. The first-order valence-corrected chi connectivity index (χ1v) is 7.24. The summed E-state index contributed by atoms with van der Waals surface area (Å²) in [7, 11) is 1.53. The van der Waals surface area contributed by atoms with Crippen molar-refractivity contribution in [2.24, 2.45) is 17.8 Å². The minimum atomic E-state index is 0.0247. The number of ether oxygens (including phenoxy) is 1. The van der Waals surface area contributed by atoms with Gasteiger partial charge in [0, 0.05) is 39.2 Å².